The number of nitrogens with two attached hydrogens (primary N) is 1. The van der Waals surface area contributed by atoms with Gasteiger partial charge in [0.05, 0.1) is 91.8 Å². The standard InChI is InChI=1S/C53H85NO20/c1-29-18-16-14-12-10-8-6-7-9-11-13-15-17-19-37(72-52-49(65)46(54)48(64)33(5)71-52)25-42-45(51(66)67)41(61)28-53(68,74-42)27-40(60)38(58)21-20-34(55)22-35(56)23-36(57)24-43(62)69-31(3)30(2)50(29)73-44-26-39(59)47(63)32(4)70-44/h6-7,9,11-19,29-42,44-50,52,55-61,63-65,68H,8,10,20-28,54H2,1-5H3,(H,66,67)/t29-,30-,31-,32-,33-,34+,35+,36+,37-,38+,39+,40+,41-,42-,44?,45+,46+,47-,48-,49+,50+,52+,53+/m0/s1. The third-order valence-corrected chi connectivity index (χ3v) is 14.2. The number of carboxylic acid groups (broad SMARTS) is 1. The summed E-state index contributed by atoms with van der Waals surface area (Å²) in [6.07, 6.45) is -1.63. The molecule has 3 saturated heterocycles. The number of rotatable bonds is 5. The fourth-order valence-electron chi connectivity index (χ4n) is 9.63. The molecule has 23 atom stereocenters. The van der Waals surface area contributed by atoms with Gasteiger partial charge in [-0.3, -0.25) is 9.59 Å². The van der Waals surface area contributed by atoms with E-state index in [1.165, 1.54) is 13.0 Å². The maximum Gasteiger partial charge on any atom is 0.311 e. The van der Waals surface area contributed by atoms with Crippen LogP contribution in [0.25, 0.3) is 0 Å². The number of fused-ring (bicyclic) bond motifs is 2. The molecule has 4 rings (SSSR count). The SMILES string of the molecule is C[C@@H]1[C@H](OC2C[C@@H](O)[C@@H](O)[C@H](C)O2)[C@@H](C)C=CC=CCCC=CC=CC=CC=C[C@H](O[C@H]2O[C@@H](C)[C@H](O)[C@@H](N)[C@H]2O)C[C@@H]2O[C@](O)(C[C@@H](O)[C@H](O)CC[C@@H](O)C[C@@H](O)C[C@@H](O)CC(=O)O[C@H]1C)C[C@H](O)[C@H]2C(=O)O. The Labute approximate surface area is 433 Å². The smallest absolute Gasteiger partial charge is 0.311 e. The number of carbonyl (C=O) groups excluding carboxylic acids is 1. The van der Waals surface area contributed by atoms with E-state index >= 15 is 0 Å². The first kappa shape index (κ1) is 63.2. The predicted molar refractivity (Wildman–Crippen MR) is 267 cm³/mol. The second kappa shape index (κ2) is 30.6. The molecule has 0 aromatic carbocycles. The number of ether oxygens (including phenoxy) is 6. The Bertz CT molecular complexity index is 1870. The highest BCUT2D eigenvalue weighted by Crippen LogP contribution is 2.38. The zero-order valence-electron chi connectivity index (χ0n) is 43.1. The summed E-state index contributed by atoms with van der Waals surface area (Å²) in [6.45, 7) is 8.61. The number of carboxylic acids is 1. The van der Waals surface area contributed by atoms with Gasteiger partial charge in [-0.05, 0) is 59.3 Å². The van der Waals surface area contributed by atoms with E-state index in [1.54, 1.807) is 38.2 Å². The Morgan fingerprint density at radius 3 is 1.89 bits per heavy atom. The second-order valence-corrected chi connectivity index (χ2v) is 20.5. The van der Waals surface area contributed by atoms with Gasteiger partial charge in [0.1, 0.15) is 24.2 Å². The molecule has 0 spiro atoms. The monoisotopic (exact) mass is 1060 g/mol. The molecule has 1 unspecified atom stereocenters. The van der Waals surface area contributed by atoms with Gasteiger partial charge in [-0.15, -0.1) is 0 Å². The van der Waals surface area contributed by atoms with E-state index in [1.807, 2.05) is 56.4 Å². The molecule has 2 bridgehead atoms. The summed E-state index contributed by atoms with van der Waals surface area (Å²) in [4.78, 5) is 25.6. The van der Waals surface area contributed by atoms with E-state index in [4.69, 9.17) is 34.2 Å². The van der Waals surface area contributed by atoms with E-state index in [9.17, 15) is 70.9 Å². The predicted octanol–water partition coefficient (Wildman–Crippen LogP) is 0.817. The number of hydrogen-bond acceptors (Lipinski definition) is 20. The number of aliphatic hydroxyl groups is 11. The molecule has 0 aliphatic carbocycles. The number of aliphatic carboxylic acids is 1. The van der Waals surface area contributed by atoms with Gasteiger partial charge in [0.2, 0.25) is 0 Å². The third-order valence-electron chi connectivity index (χ3n) is 14.2. The highest BCUT2D eigenvalue weighted by atomic mass is 16.7. The fourth-order valence-corrected chi connectivity index (χ4v) is 9.63. The molecule has 0 radical (unpaired) electrons. The number of carbonyl (C=O) groups is 2. The molecule has 4 aliphatic rings. The molecule has 422 valence electrons. The van der Waals surface area contributed by atoms with Gasteiger partial charge >= 0.3 is 11.9 Å². The van der Waals surface area contributed by atoms with Gasteiger partial charge in [-0.2, -0.15) is 0 Å². The highest BCUT2D eigenvalue weighted by Gasteiger charge is 2.51. The molecule has 74 heavy (non-hydrogen) atoms. The minimum Gasteiger partial charge on any atom is -0.481 e. The van der Waals surface area contributed by atoms with E-state index < -0.39 is 165 Å². The lowest BCUT2D eigenvalue weighted by Crippen LogP contribution is -2.61. The van der Waals surface area contributed by atoms with Crippen LogP contribution in [0.3, 0.4) is 0 Å². The van der Waals surface area contributed by atoms with Crippen molar-refractivity contribution >= 4 is 11.9 Å². The largest absolute Gasteiger partial charge is 0.481 e. The van der Waals surface area contributed by atoms with Crippen molar-refractivity contribution in [1.82, 2.24) is 0 Å². The summed E-state index contributed by atoms with van der Waals surface area (Å²) in [6, 6.07) is -1.16. The van der Waals surface area contributed by atoms with Crippen molar-refractivity contribution < 1.29 is 99.3 Å². The summed E-state index contributed by atoms with van der Waals surface area (Å²) >= 11 is 0. The van der Waals surface area contributed by atoms with Gasteiger partial charge in [0.25, 0.3) is 0 Å². The summed E-state index contributed by atoms with van der Waals surface area (Å²) in [5.41, 5.74) is 6.04. The minimum absolute atomic E-state index is 0.0208. The van der Waals surface area contributed by atoms with Crippen LogP contribution >= 0.6 is 0 Å². The van der Waals surface area contributed by atoms with Crippen molar-refractivity contribution in [3.05, 3.63) is 72.9 Å². The number of aliphatic hydroxyl groups excluding tert-OH is 10. The quantitative estimate of drug-likeness (QED) is 0.170. The lowest BCUT2D eigenvalue weighted by atomic mass is 9.82. The van der Waals surface area contributed by atoms with Gasteiger partial charge in [-0.1, -0.05) is 86.8 Å². The van der Waals surface area contributed by atoms with Gasteiger partial charge in [0, 0.05) is 37.5 Å². The number of allylic oxidation sites excluding steroid dienone is 10. The summed E-state index contributed by atoms with van der Waals surface area (Å²) in [5, 5.41) is 129. The molecular weight excluding hydrogens is 971 g/mol. The van der Waals surface area contributed by atoms with E-state index in [0.717, 1.165) is 12.8 Å². The van der Waals surface area contributed by atoms with Crippen LogP contribution in [0.1, 0.15) is 105 Å². The summed E-state index contributed by atoms with van der Waals surface area (Å²) in [5.74, 6) is -6.88. The van der Waals surface area contributed by atoms with Crippen LogP contribution in [0.5, 0.6) is 0 Å². The van der Waals surface area contributed by atoms with Crippen molar-refractivity contribution in [2.45, 2.75) is 227 Å². The van der Waals surface area contributed by atoms with Crippen LogP contribution in [-0.2, 0) is 38.0 Å². The van der Waals surface area contributed by atoms with Crippen molar-refractivity contribution in [3.8, 4) is 0 Å². The molecule has 0 aromatic rings. The second-order valence-electron chi connectivity index (χ2n) is 20.5. The average molecular weight is 1060 g/mol. The molecule has 0 amide bonds. The zero-order chi connectivity index (χ0) is 54.9. The molecule has 21 heteroatoms. The van der Waals surface area contributed by atoms with Crippen LogP contribution in [0.4, 0.5) is 0 Å². The van der Waals surface area contributed by atoms with Gasteiger partial charge in [0.15, 0.2) is 18.4 Å². The normalized spacial score (nSPS) is 43.9. The van der Waals surface area contributed by atoms with Crippen LogP contribution in [0, 0.1) is 17.8 Å². The Balaban J connectivity index is 1.55. The highest BCUT2D eigenvalue weighted by molar-refractivity contribution is 5.71. The summed E-state index contributed by atoms with van der Waals surface area (Å²) < 4.78 is 35.8. The van der Waals surface area contributed by atoms with Crippen LogP contribution < -0.4 is 5.73 Å². The molecule has 14 N–H and O–H groups in total. The van der Waals surface area contributed by atoms with Crippen molar-refractivity contribution in [2.24, 2.45) is 23.5 Å². The Morgan fingerprint density at radius 1 is 0.635 bits per heavy atom. The molecule has 0 saturated carbocycles. The van der Waals surface area contributed by atoms with E-state index in [-0.39, 0.29) is 44.4 Å². The van der Waals surface area contributed by atoms with E-state index in [2.05, 4.69) is 0 Å². The Morgan fingerprint density at radius 2 is 1.23 bits per heavy atom. The van der Waals surface area contributed by atoms with Crippen molar-refractivity contribution in [3.63, 3.8) is 0 Å². The van der Waals surface area contributed by atoms with Gasteiger partial charge in [-0.25, -0.2) is 0 Å². The fraction of sp³-hybridized carbons (Fsp3) is 0.736. The Kier molecular flexibility index (Phi) is 26.1. The molecule has 4 aliphatic heterocycles. The first-order valence-electron chi connectivity index (χ1n) is 25.9. The van der Waals surface area contributed by atoms with Crippen molar-refractivity contribution in [2.75, 3.05) is 0 Å². The first-order valence-corrected chi connectivity index (χ1v) is 25.9. The topological polar surface area (TPSA) is 358 Å². The lowest BCUT2D eigenvalue weighted by molar-refractivity contribution is -0.310. The average Bonchev–Trinajstić information content (AvgIpc) is 3.31. The summed E-state index contributed by atoms with van der Waals surface area (Å²) in [7, 11) is 0. The molecule has 21 nitrogen and oxygen atoms in total. The maximum atomic E-state index is 13.1. The van der Waals surface area contributed by atoms with E-state index in [0.29, 0.717) is 0 Å². The van der Waals surface area contributed by atoms with Crippen molar-refractivity contribution in [1.29, 1.82) is 0 Å². The van der Waals surface area contributed by atoms with Crippen LogP contribution in [0.15, 0.2) is 72.9 Å². The van der Waals surface area contributed by atoms with Crippen LogP contribution in [-0.4, -0.2) is 195 Å². The number of esters is 1. The Hall–Kier alpha value is -3.30. The van der Waals surface area contributed by atoms with Gasteiger partial charge < -0.3 is 95.4 Å². The zero-order valence-corrected chi connectivity index (χ0v) is 43.1. The minimum atomic E-state index is -2.37. The van der Waals surface area contributed by atoms with Crippen LogP contribution in [0.2, 0.25) is 0 Å². The number of cyclic esters (lactones) is 1. The lowest BCUT2D eigenvalue weighted by Gasteiger charge is -2.45. The first-order chi connectivity index (χ1) is 34.9. The molecule has 0 aromatic heterocycles. The number of hydrogen-bond donors (Lipinski definition) is 13. The third kappa shape index (κ3) is 19.9. The molecular formula is C53H85NO20. The molecule has 3 fully saturated rings. The maximum absolute atomic E-state index is 13.1. The molecule has 4 heterocycles.